The molecule has 0 saturated carbocycles. The molecule has 0 bridgehead atoms. The van der Waals surface area contributed by atoms with E-state index >= 15 is 0 Å². The van der Waals surface area contributed by atoms with Crippen molar-refractivity contribution in [1.29, 1.82) is 0 Å². The van der Waals surface area contributed by atoms with Crippen LogP contribution < -0.4 is 0 Å². The number of thiophene rings is 1. The van der Waals surface area contributed by atoms with Crippen LogP contribution in [0, 0.1) is 13.8 Å². The topological polar surface area (TPSA) is 51.0 Å². The van der Waals surface area contributed by atoms with E-state index in [1.54, 1.807) is 18.3 Å². The van der Waals surface area contributed by atoms with Gasteiger partial charge in [0.15, 0.2) is 0 Å². The van der Waals surface area contributed by atoms with Gasteiger partial charge >= 0.3 is 0 Å². The predicted molar refractivity (Wildman–Crippen MR) is 122 cm³/mol. The molecule has 30 heavy (non-hydrogen) atoms. The number of pyridine rings is 1. The smallest absolute Gasteiger partial charge is 0.219 e. The van der Waals surface area contributed by atoms with Gasteiger partial charge in [-0.1, -0.05) is 29.8 Å². The summed E-state index contributed by atoms with van der Waals surface area (Å²) in [6.45, 7) is 7.28. The molecule has 1 amide bonds. The van der Waals surface area contributed by atoms with Gasteiger partial charge in [0.2, 0.25) is 5.91 Å². The summed E-state index contributed by atoms with van der Waals surface area (Å²) in [6.07, 6.45) is 2.77. The quantitative estimate of drug-likeness (QED) is 0.468. The van der Waals surface area contributed by atoms with Crippen molar-refractivity contribution in [2.24, 2.45) is 7.05 Å². The summed E-state index contributed by atoms with van der Waals surface area (Å²) in [5.41, 5.74) is 8.12. The first-order valence-electron chi connectivity index (χ1n) is 10.2. The van der Waals surface area contributed by atoms with Crippen molar-refractivity contribution in [3.8, 4) is 22.4 Å². The van der Waals surface area contributed by atoms with E-state index in [0.717, 1.165) is 34.7 Å². The summed E-state index contributed by atoms with van der Waals surface area (Å²) in [5, 5.41) is 5.66. The highest BCUT2D eigenvalue weighted by atomic mass is 32.1. The van der Waals surface area contributed by atoms with Gasteiger partial charge in [-0.2, -0.15) is 5.10 Å². The molecule has 0 atom stereocenters. The summed E-state index contributed by atoms with van der Waals surface area (Å²) in [5.74, 6) is 0.136. The molecule has 1 aliphatic rings. The molecule has 5 nitrogen and oxygen atoms in total. The van der Waals surface area contributed by atoms with Crippen LogP contribution in [-0.2, 0) is 24.8 Å². The Balaban J connectivity index is 1.76. The van der Waals surface area contributed by atoms with Crippen molar-refractivity contribution < 1.29 is 4.79 Å². The monoisotopic (exact) mass is 416 g/mol. The molecule has 0 radical (unpaired) electrons. The van der Waals surface area contributed by atoms with Crippen LogP contribution in [0.5, 0.6) is 0 Å². The fraction of sp³-hybridized carbons (Fsp3) is 0.292. The van der Waals surface area contributed by atoms with E-state index in [4.69, 9.17) is 4.98 Å². The van der Waals surface area contributed by atoms with Gasteiger partial charge in [-0.25, -0.2) is 4.98 Å². The first-order valence-corrected chi connectivity index (χ1v) is 11.0. The summed E-state index contributed by atoms with van der Waals surface area (Å²) < 4.78 is 1.89. The highest BCUT2D eigenvalue weighted by Gasteiger charge is 2.25. The maximum absolute atomic E-state index is 11.9. The molecule has 0 aliphatic carbocycles. The van der Waals surface area contributed by atoms with Crippen molar-refractivity contribution >= 4 is 27.5 Å². The lowest BCUT2D eigenvalue weighted by Gasteiger charge is -2.26. The predicted octanol–water partition coefficient (Wildman–Crippen LogP) is 4.89. The van der Waals surface area contributed by atoms with E-state index in [2.05, 4.69) is 49.3 Å². The Morgan fingerprint density at radius 1 is 1.13 bits per heavy atom. The van der Waals surface area contributed by atoms with E-state index in [9.17, 15) is 4.79 Å². The molecule has 4 aromatic rings. The van der Waals surface area contributed by atoms with E-state index in [0.29, 0.717) is 6.54 Å². The molecule has 0 spiro atoms. The van der Waals surface area contributed by atoms with Crippen molar-refractivity contribution in [2.45, 2.75) is 33.7 Å². The number of rotatable bonds is 2. The minimum absolute atomic E-state index is 0.136. The zero-order chi connectivity index (χ0) is 21.0. The van der Waals surface area contributed by atoms with E-state index < -0.39 is 0 Å². The number of nitrogens with zero attached hydrogens (tertiary/aromatic N) is 4. The average molecular weight is 417 g/mol. The largest absolute Gasteiger partial charge is 0.337 e. The number of hydrogen-bond acceptors (Lipinski definition) is 4. The average Bonchev–Trinajstić information content (AvgIpc) is 3.27. The summed E-state index contributed by atoms with van der Waals surface area (Å²) >= 11 is 1.72. The first kappa shape index (κ1) is 19.0. The summed E-state index contributed by atoms with van der Waals surface area (Å²) in [6, 6.07) is 10.9. The number of carbonyl (C=O) groups is 1. The van der Waals surface area contributed by atoms with Gasteiger partial charge in [0.25, 0.3) is 0 Å². The van der Waals surface area contributed by atoms with Gasteiger partial charge in [-0.3, -0.25) is 9.48 Å². The molecule has 3 aromatic heterocycles. The highest BCUT2D eigenvalue weighted by molar-refractivity contribution is 7.19. The maximum atomic E-state index is 11.9. The molecular weight excluding hydrogens is 392 g/mol. The first-order chi connectivity index (χ1) is 14.4. The van der Waals surface area contributed by atoms with Gasteiger partial charge in [0, 0.05) is 42.0 Å². The zero-order valence-corrected chi connectivity index (χ0v) is 18.5. The number of fused-ring (bicyclic) bond motifs is 3. The minimum Gasteiger partial charge on any atom is -0.337 e. The van der Waals surface area contributed by atoms with Crippen LogP contribution in [0.15, 0.2) is 36.5 Å². The number of amides is 1. The van der Waals surface area contributed by atoms with Crippen molar-refractivity contribution in [1.82, 2.24) is 19.7 Å². The lowest BCUT2D eigenvalue weighted by Crippen LogP contribution is -2.33. The Labute approximate surface area is 180 Å². The van der Waals surface area contributed by atoms with Crippen molar-refractivity contribution in [3.05, 3.63) is 58.2 Å². The van der Waals surface area contributed by atoms with E-state index in [-0.39, 0.29) is 5.91 Å². The van der Waals surface area contributed by atoms with Gasteiger partial charge in [-0.15, -0.1) is 11.3 Å². The lowest BCUT2D eigenvalue weighted by atomic mass is 9.95. The minimum atomic E-state index is 0.136. The third kappa shape index (κ3) is 3.03. The molecule has 0 saturated heterocycles. The normalized spacial score (nSPS) is 13.7. The Hall–Kier alpha value is -2.99. The molecule has 1 aliphatic heterocycles. The second-order valence-corrected chi connectivity index (χ2v) is 9.15. The summed E-state index contributed by atoms with van der Waals surface area (Å²) in [7, 11) is 1.96. The molecule has 152 valence electrons. The Morgan fingerprint density at radius 3 is 2.57 bits per heavy atom. The number of carbonyl (C=O) groups excluding carboxylic acids is 1. The standard InChI is InChI=1S/C24H24N4OS/c1-14-5-7-17(8-6-14)19-11-21(20-12-25-27(4)15(20)2)26-24-23(19)18-9-10-28(16(3)29)13-22(18)30-24/h5-8,11-12H,9-10,13H2,1-4H3. The molecule has 1 aromatic carbocycles. The third-order valence-electron chi connectivity index (χ3n) is 6.13. The Morgan fingerprint density at radius 2 is 1.90 bits per heavy atom. The number of benzene rings is 1. The third-order valence-corrected chi connectivity index (χ3v) is 7.24. The van der Waals surface area contributed by atoms with E-state index in [1.807, 2.05) is 22.8 Å². The van der Waals surface area contributed by atoms with Crippen LogP contribution in [0.1, 0.15) is 28.6 Å². The molecule has 6 heteroatoms. The maximum Gasteiger partial charge on any atom is 0.219 e. The van der Waals surface area contributed by atoms with Gasteiger partial charge in [0.05, 0.1) is 18.4 Å². The fourth-order valence-electron chi connectivity index (χ4n) is 4.21. The van der Waals surface area contributed by atoms with Crippen LogP contribution >= 0.6 is 11.3 Å². The van der Waals surface area contributed by atoms with Crippen LogP contribution in [0.25, 0.3) is 32.6 Å². The van der Waals surface area contributed by atoms with Crippen LogP contribution in [-0.4, -0.2) is 32.1 Å². The van der Waals surface area contributed by atoms with Crippen molar-refractivity contribution in [2.75, 3.05) is 6.54 Å². The fourth-order valence-corrected chi connectivity index (χ4v) is 5.47. The molecule has 4 heterocycles. The summed E-state index contributed by atoms with van der Waals surface area (Å²) in [4.78, 5) is 21.2. The molecule has 0 N–H and O–H groups in total. The van der Waals surface area contributed by atoms with Crippen LogP contribution in [0.3, 0.4) is 0 Å². The van der Waals surface area contributed by atoms with E-state index in [1.165, 1.54) is 32.5 Å². The van der Waals surface area contributed by atoms with Crippen molar-refractivity contribution in [3.63, 3.8) is 0 Å². The SMILES string of the molecule is CC(=O)N1CCc2c(sc3nc(-c4cnn(C)c4C)cc(-c4ccc(C)cc4)c23)C1. The zero-order valence-electron chi connectivity index (χ0n) is 17.7. The molecule has 0 unspecified atom stereocenters. The van der Waals surface area contributed by atoms with Crippen LogP contribution in [0.2, 0.25) is 0 Å². The molecule has 5 rings (SSSR count). The number of aryl methyl sites for hydroxylation is 2. The Kier molecular flexibility index (Phi) is 4.47. The molecular formula is C24H24N4OS. The molecule has 0 fully saturated rings. The lowest BCUT2D eigenvalue weighted by molar-refractivity contribution is -0.129. The van der Waals surface area contributed by atoms with Crippen LogP contribution in [0.4, 0.5) is 0 Å². The number of aromatic nitrogens is 3. The second-order valence-electron chi connectivity index (χ2n) is 8.06. The van der Waals surface area contributed by atoms with Gasteiger partial charge in [0.1, 0.15) is 4.83 Å². The van der Waals surface area contributed by atoms with Gasteiger partial charge in [-0.05, 0) is 43.0 Å². The Bertz CT molecular complexity index is 1280. The van der Waals surface area contributed by atoms with Gasteiger partial charge < -0.3 is 4.90 Å². The second kappa shape index (κ2) is 7.06. The number of hydrogen-bond donors (Lipinski definition) is 0. The highest BCUT2D eigenvalue weighted by Crippen LogP contribution is 2.42.